The molecule has 5 nitrogen and oxygen atoms in total. The van der Waals surface area contributed by atoms with Gasteiger partial charge in [-0.15, -0.1) is 0 Å². The lowest BCUT2D eigenvalue weighted by Gasteiger charge is -2.22. The number of amides is 1. The Balaban J connectivity index is 1.88. The van der Waals surface area contributed by atoms with E-state index in [1.165, 1.54) is 18.0 Å². The van der Waals surface area contributed by atoms with E-state index in [4.69, 9.17) is 27.6 Å². The molecule has 3 rings (SSSR count). The van der Waals surface area contributed by atoms with Crippen LogP contribution in [0.25, 0.3) is 0 Å². The number of hydrogen-bond donors (Lipinski definition) is 0. The molecule has 2 aromatic heterocycles. The van der Waals surface area contributed by atoms with E-state index in [0.29, 0.717) is 29.0 Å². The average Bonchev–Trinajstić information content (AvgIpc) is 3.21. The maximum atomic E-state index is 13.3. The third kappa shape index (κ3) is 5.50. The van der Waals surface area contributed by atoms with E-state index < -0.39 is 0 Å². The molecule has 0 N–H and O–H groups in total. The summed E-state index contributed by atoms with van der Waals surface area (Å²) in [7, 11) is 0. The molecule has 0 aliphatic heterocycles. The first-order valence-electron chi connectivity index (χ1n) is 8.78. The van der Waals surface area contributed by atoms with Gasteiger partial charge in [0.25, 0.3) is 5.91 Å². The summed E-state index contributed by atoms with van der Waals surface area (Å²) in [6, 6.07) is 11.0. The summed E-state index contributed by atoms with van der Waals surface area (Å²) >= 11 is 13.7. The summed E-state index contributed by atoms with van der Waals surface area (Å²) in [6.07, 6.45) is 4.05. The molecule has 0 radical (unpaired) electrons. The Morgan fingerprint density at radius 3 is 2.64 bits per heavy atom. The number of thioether (sulfide) groups is 1. The van der Waals surface area contributed by atoms with Crippen molar-refractivity contribution >= 4 is 40.9 Å². The Morgan fingerprint density at radius 2 is 1.96 bits per heavy atom. The van der Waals surface area contributed by atoms with Crippen molar-refractivity contribution in [3.05, 3.63) is 75.9 Å². The number of carbonyl (C=O) groups excluding carboxylic acids is 1. The van der Waals surface area contributed by atoms with Gasteiger partial charge < -0.3 is 9.32 Å². The van der Waals surface area contributed by atoms with E-state index in [0.717, 1.165) is 17.7 Å². The van der Waals surface area contributed by atoms with Crippen LogP contribution in [0, 0.1) is 0 Å². The quantitative estimate of drug-likeness (QED) is 0.334. The van der Waals surface area contributed by atoms with Gasteiger partial charge in [-0.2, -0.15) is 0 Å². The van der Waals surface area contributed by atoms with Gasteiger partial charge in [-0.05, 0) is 36.2 Å². The minimum Gasteiger partial charge on any atom is -0.467 e. The predicted octanol–water partition coefficient (Wildman–Crippen LogP) is 5.72. The molecular weight excluding hydrogens is 417 g/mol. The van der Waals surface area contributed by atoms with Crippen LogP contribution in [0.4, 0.5) is 0 Å². The molecule has 0 atom stereocenters. The molecule has 8 heteroatoms. The Hall–Kier alpha value is -2.02. The molecule has 0 saturated carbocycles. The first-order chi connectivity index (χ1) is 13.6. The smallest absolute Gasteiger partial charge is 0.274 e. The van der Waals surface area contributed by atoms with Gasteiger partial charge >= 0.3 is 0 Å². The van der Waals surface area contributed by atoms with Crippen molar-refractivity contribution < 1.29 is 9.21 Å². The summed E-state index contributed by atoms with van der Waals surface area (Å²) in [4.78, 5) is 23.5. The van der Waals surface area contributed by atoms with E-state index in [-0.39, 0.29) is 16.6 Å². The lowest BCUT2D eigenvalue weighted by atomic mass is 10.2. The van der Waals surface area contributed by atoms with Crippen LogP contribution in [0.2, 0.25) is 10.0 Å². The highest BCUT2D eigenvalue weighted by Crippen LogP contribution is 2.22. The lowest BCUT2D eigenvalue weighted by Crippen LogP contribution is -2.31. The summed E-state index contributed by atoms with van der Waals surface area (Å²) in [5, 5.41) is 1.41. The first kappa shape index (κ1) is 20.7. The summed E-state index contributed by atoms with van der Waals surface area (Å²) in [5.74, 6) is 1.26. The van der Waals surface area contributed by atoms with Gasteiger partial charge in [0, 0.05) is 17.3 Å². The monoisotopic (exact) mass is 435 g/mol. The van der Waals surface area contributed by atoms with Gasteiger partial charge in [-0.3, -0.25) is 4.79 Å². The maximum Gasteiger partial charge on any atom is 0.274 e. The molecule has 0 aliphatic rings. The topological polar surface area (TPSA) is 59.2 Å². The molecule has 146 valence electrons. The fourth-order valence-corrected chi connectivity index (χ4v) is 3.48. The van der Waals surface area contributed by atoms with Crippen LogP contribution in [0.15, 0.2) is 58.4 Å². The molecule has 1 aromatic carbocycles. The normalized spacial score (nSPS) is 10.8. The molecule has 0 unspecified atom stereocenters. The Kier molecular flexibility index (Phi) is 7.36. The van der Waals surface area contributed by atoms with Crippen molar-refractivity contribution in [1.82, 2.24) is 14.9 Å². The number of hydrogen-bond acceptors (Lipinski definition) is 5. The molecular formula is C20H19Cl2N3O2S. The second-order valence-electron chi connectivity index (χ2n) is 6.06. The second kappa shape index (κ2) is 9.96. The zero-order valence-corrected chi connectivity index (χ0v) is 17.6. The summed E-state index contributed by atoms with van der Waals surface area (Å²) < 4.78 is 5.43. The van der Waals surface area contributed by atoms with Gasteiger partial charge in [-0.25, -0.2) is 9.97 Å². The van der Waals surface area contributed by atoms with Crippen LogP contribution >= 0.6 is 35.0 Å². The fraction of sp³-hybridized carbons (Fsp3) is 0.250. The molecule has 2 heterocycles. The van der Waals surface area contributed by atoms with E-state index in [1.54, 1.807) is 29.4 Å². The van der Waals surface area contributed by atoms with Crippen LogP contribution in [-0.2, 0) is 13.1 Å². The lowest BCUT2D eigenvalue weighted by molar-refractivity contribution is 0.0710. The minimum atomic E-state index is -0.280. The van der Waals surface area contributed by atoms with Gasteiger partial charge in [0.05, 0.1) is 24.0 Å². The number of furan rings is 1. The second-order valence-corrected chi connectivity index (χ2v) is 7.97. The number of nitrogens with zero attached hydrogens (tertiary/aromatic N) is 3. The van der Waals surface area contributed by atoms with Crippen molar-refractivity contribution in [2.24, 2.45) is 0 Å². The fourth-order valence-electron chi connectivity index (χ4n) is 2.51. The zero-order valence-electron chi connectivity index (χ0n) is 15.3. The highest BCUT2D eigenvalue weighted by atomic mass is 35.5. The third-order valence-corrected chi connectivity index (χ3v) is 5.46. The number of carbonyl (C=O) groups is 1. The Morgan fingerprint density at radius 1 is 1.18 bits per heavy atom. The third-order valence-electron chi connectivity index (χ3n) is 3.86. The largest absolute Gasteiger partial charge is 0.467 e. The first-order valence-corrected chi connectivity index (χ1v) is 10.5. The SMILES string of the molecule is CCCSc1ncc(Cl)c(C(=O)N(Cc2ccc(Cl)cc2)Cc2ccco2)n1. The number of aromatic nitrogens is 2. The van der Waals surface area contributed by atoms with Gasteiger partial charge in [0.15, 0.2) is 10.9 Å². The van der Waals surface area contributed by atoms with E-state index in [9.17, 15) is 4.79 Å². The van der Waals surface area contributed by atoms with Crippen molar-refractivity contribution in [2.75, 3.05) is 5.75 Å². The van der Waals surface area contributed by atoms with Crippen LogP contribution < -0.4 is 0 Å². The number of benzene rings is 1. The number of halogens is 2. The standard InChI is InChI=1S/C20H19Cl2N3O2S/c1-2-10-28-20-23-11-17(22)18(24-20)19(26)25(13-16-4-3-9-27-16)12-14-5-7-15(21)8-6-14/h3-9,11H,2,10,12-13H2,1H3. The number of rotatable bonds is 8. The van der Waals surface area contributed by atoms with Gasteiger partial charge in [0.2, 0.25) is 0 Å². The molecule has 0 aliphatic carbocycles. The van der Waals surface area contributed by atoms with E-state index >= 15 is 0 Å². The van der Waals surface area contributed by atoms with Crippen molar-refractivity contribution in [1.29, 1.82) is 0 Å². The molecule has 0 bridgehead atoms. The van der Waals surface area contributed by atoms with Crippen molar-refractivity contribution in [2.45, 2.75) is 31.6 Å². The Labute approximate surface area is 178 Å². The summed E-state index contributed by atoms with van der Waals surface area (Å²) in [5.41, 5.74) is 1.13. The zero-order chi connectivity index (χ0) is 19.9. The molecule has 28 heavy (non-hydrogen) atoms. The molecule has 0 saturated heterocycles. The minimum absolute atomic E-state index is 0.191. The van der Waals surface area contributed by atoms with Crippen LogP contribution in [0.3, 0.4) is 0 Å². The maximum absolute atomic E-state index is 13.3. The van der Waals surface area contributed by atoms with Crippen molar-refractivity contribution in [3.63, 3.8) is 0 Å². The molecule has 0 fully saturated rings. The Bertz CT molecular complexity index is 918. The molecule has 0 spiro atoms. The van der Waals surface area contributed by atoms with E-state index in [2.05, 4.69) is 16.9 Å². The van der Waals surface area contributed by atoms with Crippen LogP contribution in [0.5, 0.6) is 0 Å². The predicted molar refractivity (Wildman–Crippen MR) is 112 cm³/mol. The van der Waals surface area contributed by atoms with Gasteiger partial charge in [0.1, 0.15) is 5.76 Å². The van der Waals surface area contributed by atoms with Gasteiger partial charge in [-0.1, -0.05) is 54.0 Å². The average molecular weight is 436 g/mol. The van der Waals surface area contributed by atoms with E-state index in [1.807, 2.05) is 18.2 Å². The molecule has 3 aromatic rings. The van der Waals surface area contributed by atoms with Crippen LogP contribution in [-0.4, -0.2) is 26.5 Å². The highest BCUT2D eigenvalue weighted by molar-refractivity contribution is 7.99. The van der Waals surface area contributed by atoms with Crippen molar-refractivity contribution in [3.8, 4) is 0 Å². The van der Waals surface area contributed by atoms with Crippen LogP contribution in [0.1, 0.15) is 35.2 Å². The summed E-state index contributed by atoms with van der Waals surface area (Å²) in [6.45, 7) is 2.74. The highest BCUT2D eigenvalue weighted by Gasteiger charge is 2.22. The molecule has 1 amide bonds.